The number of allylic oxidation sites excluding steroid dienone is 2. The Labute approximate surface area is 181 Å². The summed E-state index contributed by atoms with van der Waals surface area (Å²) in [5.41, 5.74) is 3.29. The van der Waals surface area contributed by atoms with Gasteiger partial charge in [-0.3, -0.25) is 4.79 Å². The SMILES string of the molecule is C=C(C)[C@@H](O)Cc1cc([C@@H]2CC(=O)c3c(O)cc(O)c(CC=C(C)C)c3O2)ccc1O. The van der Waals surface area contributed by atoms with Gasteiger partial charge in [-0.15, -0.1) is 0 Å². The standard InChI is InChI=1S/C25H28O6/c1-13(2)5-7-17-20(28)11-21(29)24-22(30)12-23(31-25(17)24)15-6-8-18(26)16(9-15)10-19(27)14(3)4/h5-6,8-9,11,19,23,26-29H,3,7,10,12H2,1-2,4H3/t19-,23-/m0/s1. The number of hydrogen-bond donors (Lipinski definition) is 4. The van der Waals surface area contributed by atoms with Crippen LogP contribution < -0.4 is 4.74 Å². The minimum absolute atomic E-state index is 0.000670. The van der Waals surface area contributed by atoms with Crippen molar-refractivity contribution in [3.63, 3.8) is 0 Å². The number of phenolic OH excluding ortho intramolecular Hbond substituents is 3. The predicted molar refractivity (Wildman–Crippen MR) is 118 cm³/mol. The minimum Gasteiger partial charge on any atom is -0.508 e. The van der Waals surface area contributed by atoms with Gasteiger partial charge in [0, 0.05) is 18.1 Å². The van der Waals surface area contributed by atoms with E-state index in [1.54, 1.807) is 19.1 Å². The third kappa shape index (κ3) is 4.75. The second-order valence-corrected chi connectivity index (χ2v) is 8.27. The third-order valence-corrected chi connectivity index (χ3v) is 5.42. The Morgan fingerprint density at radius 1 is 1.16 bits per heavy atom. The number of aliphatic hydroxyl groups is 1. The maximum absolute atomic E-state index is 12.9. The van der Waals surface area contributed by atoms with Crippen LogP contribution in [0.2, 0.25) is 0 Å². The average molecular weight is 424 g/mol. The van der Waals surface area contributed by atoms with Crippen molar-refractivity contribution < 1.29 is 30.0 Å². The van der Waals surface area contributed by atoms with Crippen molar-refractivity contribution in [3.05, 3.63) is 70.3 Å². The van der Waals surface area contributed by atoms with E-state index in [1.165, 1.54) is 12.1 Å². The molecular weight excluding hydrogens is 396 g/mol. The first-order valence-corrected chi connectivity index (χ1v) is 10.1. The van der Waals surface area contributed by atoms with Gasteiger partial charge in [-0.05, 0) is 50.5 Å². The molecule has 0 unspecified atom stereocenters. The summed E-state index contributed by atoms with van der Waals surface area (Å²) in [5.74, 6) is -0.538. The molecule has 1 aliphatic heterocycles. The number of carbonyl (C=O) groups is 1. The Morgan fingerprint density at radius 3 is 2.52 bits per heavy atom. The number of phenols is 3. The maximum atomic E-state index is 12.9. The van der Waals surface area contributed by atoms with Gasteiger partial charge in [0.1, 0.15) is 34.7 Å². The molecule has 2 atom stereocenters. The highest BCUT2D eigenvalue weighted by molar-refractivity contribution is 6.03. The predicted octanol–water partition coefficient (Wildman–Crippen LogP) is 4.50. The number of ketones is 1. The van der Waals surface area contributed by atoms with Gasteiger partial charge in [-0.2, -0.15) is 0 Å². The quantitative estimate of drug-likeness (QED) is 0.509. The molecule has 0 fully saturated rings. The van der Waals surface area contributed by atoms with Crippen LogP contribution in [0.25, 0.3) is 0 Å². The lowest BCUT2D eigenvalue weighted by Gasteiger charge is -2.28. The average Bonchev–Trinajstić information content (AvgIpc) is 2.68. The van der Waals surface area contributed by atoms with Crippen molar-refractivity contribution >= 4 is 5.78 Å². The highest BCUT2D eigenvalue weighted by atomic mass is 16.5. The van der Waals surface area contributed by atoms with E-state index in [0.29, 0.717) is 28.7 Å². The van der Waals surface area contributed by atoms with Crippen LogP contribution in [0.5, 0.6) is 23.0 Å². The first-order valence-electron chi connectivity index (χ1n) is 10.1. The largest absolute Gasteiger partial charge is 0.508 e. The van der Waals surface area contributed by atoms with E-state index < -0.39 is 12.2 Å². The summed E-state index contributed by atoms with van der Waals surface area (Å²) in [6.45, 7) is 9.29. The number of ether oxygens (including phenoxy) is 1. The fourth-order valence-electron chi connectivity index (χ4n) is 3.57. The summed E-state index contributed by atoms with van der Waals surface area (Å²) in [6.07, 6.45) is 0.970. The molecule has 0 bridgehead atoms. The Morgan fingerprint density at radius 2 is 1.87 bits per heavy atom. The fraction of sp³-hybridized carbons (Fsp3) is 0.320. The molecule has 2 aromatic carbocycles. The van der Waals surface area contributed by atoms with Gasteiger partial charge >= 0.3 is 0 Å². The fourth-order valence-corrected chi connectivity index (χ4v) is 3.57. The van der Waals surface area contributed by atoms with Gasteiger partial charge < -0.3 is 25.2 Å². The number of benzene rings is 2. The van der Waals surface area contributed by atoms with E-state index in [4.69, 9.17) is 4.74 Å². The van der Waals surface area contributed by atoms with Crippen molar-refractivity contribution in [2.75, 3.05) is 0 Å². The molecule has 0 aromatic heterocycles. The molecule has 0 spiro atoms. The van der Waals surface area contributed by atoms with Gasteiger partial charge in [-0.1, -0.05) is 29.9 Å². The van der Waals surface area contributed by atoms with Gasteiger partial charge in [0.25, 0.3) is 0 Å². The summed E-state index contributed by atoms with van der Waals surface area (Å²) in [5, 5.41) is 41.0. The van der Waals surface area contributed by atoms with Crippen molar-refractivity contribution in [2.45, 2.75) is 52.2 Å². The van der Waals surface area contributed by atoms with E-state index in [0.717, 1.165) is 5.57 Å². The van der Waals surface area contributed by atoms with Crippen LogP contribution in [0.1, 0.15) is 60.3 Å². The molecule has 2 aromatic rings. The van der Waals surface area contributed by atoms with Gasteiger partial charge in [-0.25, -0.2) is 0 Å². The molecule has 0 aliphatic carbocycles. The molecule has 3 rings (SSSR count). The lowest BCUT2D eigenvalue weighted by atomic mass is 9.91. The molecule has 6 heteroatoms. The van der Waals surface area contributed by atoms with Crippen LogP contribution >= 0.6 is 0 Å². The number of aliphatic hydroxyl groups excluding tert-OH is 1. The number of aromatic hydroxyl groups is 3. The summed E-state index contributed by atoms with van der Waals surface area (Å²) in [4.78, 5) is 12.9. The van der Waals surface area contributed by atoms with Crippen molar-refractivity contribution in [2.24, 2.45) is 0 Å². The van der Waals surface area contributed by atoms with E-state index in [2.05, 4.69) is 6.58 Å². The Bertz CT molecular complexity index is 1060. The van der Waals surface area contributed by atoms with Crippen LogP contribution in [-0.2, 0) is 12.8 Å². The van der Waals surface area contributed by atoms with E-state index >= 15 is 0 Å². The molecular formula is C25H28O6. The molecule has 0 saturated carbocycles. The highest BCUT2D eigenvalue weighted by Gasteiger charge is 2.33. The molecule has 1 heterocycles. The number of carbonyl (C=O) groups excluding carboxylic acids is 1. The topological polar surface area (TPSA) is 107 Å². The Balaban J connectivity index is 2.01. The van der Waals surface area contributed by atoms with Gasteiger partial charge in [0.15, 0.2) is 5.78 Å². The van der Waals surface area contributed by atoms with Crippen LogP contribution in [0.4, 0.5) is 0 Å². The van der Waals surface area contributed by atoms with E-state index in [9.17, 15) is 25.2 Å². The number of rotatable bonds is 6. The van der Waals surface area contributed by atoms with Crippen LogP contribution in [0, 0.1) is 0 Å². The van der Waals surface area contributed by atoms with Crippen LogP contribution in [0.3, 0.4) is 0 Å². The summed E-state index contributed by atoms with van der Waals surface area (Å²) in [6, 6.07) is 6.03. The van der Waals surface area contributed by atoms with Crippen molar-refractivity contribution in [1.29, 1.82) is 0 Å². The second kappa shape index (κ2) is 8.86. The molecule has 1 aliphatic rings. The molecule has 0 saturated heterocycles. The third-order valence-electron chi connectivity index (χ3n) is 5.42. The van der Waals surface area contributed by atoms with E-state index in [-0.39, 0.29) is 47.2 Å². The number of fused-ring (bicyclic) bond motifs is 1. The molecule has 164 valence electrons. The summed E-state index contributed by atoms with van der Waals surface area (Å²) >= 11 is 0. The first kappa shape index (κ1) is 22.4. The molecule has 0 amide bonds. The Kier molecular flexibility index (Phi) is 6.41. The molecule has 31 heavy (non-hydrogen) atoms. The van der Waals surface area contributed by atoms with Crippen molar-refractivity contribution in [1.82, 2.24) is 0 Å². The monoisotopic (exact) mass is 424 g/mol. The zero-order chi connectivity index (χ0) is 22.9. The smallest absolute Gasteiger partial charge is 0.174 e. The van der Waals surface area contributed by atoms with Gasteiger partial charge in [0.05, 0.1) is 12.5 Å². The zero-order valence-electron chi connectivity index (χ0n) is 18.0. The highest BCUT2D eigenvalue weighted by Crippen LogP contribution is 2.45. The normalized spacial score (nSPS) is 16.3. The first-order chi connectivity index (χ1) is 14.6. The van der Waals surface area contributed by atoms with Gasteiger partial charge in [0.2, 0.25) is 0 Å². The van der Waals surface area contributed by atoms with Crippen LogP contribution in [-0.4, -0.2) is 32.3 Å². The zero-order valence-corrected chi connectivity index (χ0v) is 18.0. The molecule has 4 N–H and O–H groups in total. The van der Waals surface area contributed by atoms with E-state index in [1.807, 2.05) is 19.9 Å². The molecule has 0 radical (unpaired) electrons. The minimum atomic E-state index is -0.805. The Hall–Kier alpha value is -3.25. The summed E-state index contributed by atoms with van der Waals surface area (Å²) in [7, 11) is 0. The second-order valence-electron chi connectivity index (χ2n) is 8.27. The molecule has 6 nitrogen and oxygen atoms in total. The van der Waals surface area contributed by atoms with Crippen LogP contribution in [0.15, 0.2) is 48.1 Å². The number of hydrogen-bond acceptors (Lipinski definition) is 6. The maximum Gasteiger partial charge on any atom is 0.174 e. The lowest BCUT2D eigenvalue weighted by Crippen LogP contribution is -2.22. The lowest BCUT2D eigenvalue weighted by molar-refractivity contribution is 0.0842. The summed E-state index contributed by atoms with van der Waals surface area (Å²) < 4.78 is 6.13. The number of Topliss-reactive ketones (excluding diaryl/α,β-unsaturated/α-hetero) is 1. The van der Waals surface area contributed by atoms with Crippen molar-refractivity contribution in [3.8, 4) is 23.0 Å².